The van der Waals surface area contributed by atoms with E-state index in [0.29, 0.717) is 23.0 Å². The molecule has 0 saturated carbocycles. The van der Waals surface area contributed by atoms with E-state index < -0.39 is 23.3 Å². The van der Waals surface area contributed by atoms with E-state index in [1.54, 1.807) is 32.9 Å². The van der Waals surface area contributed by atoms with E-state index in [1.807, 2.05) is 0 Å². The maximum atomic E-state index is 12.7. The van der Waals surface area contributed by atoms with Crippen molar-refractivity contribution in [3.8, 4) is 11.1 Å². The first-order valence-corrected chi connectivity index (χ1v) is 7.51. The molecule has 132 valence electrons. The number of hydrogen-bond acceptors (Lipinski definition) is 3. The van der Waals surface area contributed by atoms with Gasteiger partial charge in [-0.2, -0.15) is 13.2 Å². The van der Waals surface area contributed by atoms with Crippen LogP contribution in [0.2, 0.25) is 0 Å². The van der Waals surface area contributed by atoms with Crippen LogP contribution in [0.5, 0.6) is 0 Å². The van der Waals surface area contributed by atoms with Gasteiger partial charge < -0.3 is 4.74 Å². The quantitative estimate of drug-likeness (QED) is 0.569. The second-order valence-corrected chi connectivity index (χ2v) is 6.50. The second kappa shape index (κ2) is 6.70. The molecule has 25 heavy (non-hydrogen) atoms. The SMILES string of the molecule is CC(C)(C)OC(=O)c1ccc(-c2ccc(C(F)(F)F)cc2C=O)cc1. The minimum atomic E-state index is -4.52. The zero-order chi connectivity index (χ0) is 18.8. The molecule has 6 heteroatoms. The zero-order valence-electron chi connectivity index (χ0n) is 14.0. The van der Waals surface area contributed by atoms with Crippen molar-refractivity contribution < 1.29 is 27.5 Å². The summed E-state index contributed by atoms with van der Waals surface area (Å²) >= 11 is 0. The number of halogens is 3. The van der Waals surface area contributed by atoms with Gasteiger partial charge in [-0.05, 0) is 56.2 Å². The van der Waals surface area contributed by atoms with Crippen LogP contribution < -0.4 is 0 Å². The van der Waals surface area contributed by atoms with Crippen LogP contribution >= 0.6 is 0 Å². The number of carbonyl (C=O) groups is 2. The minimum Gasteiger partial charge on any atom is -0.456 e. The van der Waals surface area contributed by atoms with Gasteiger partial charge in [-0.3, -0.25) is 4.79 Å². The van der Waals surface area contributed by atoms with Crippen molar-refractivity contribution in [1.29, 1.82) is 0 Å². The summed E-state index contributed by atoms with van der Waals surface area (Å²) in [5.41, 5.74) is -0.378. The molecule has 3 nitrogen and oxygen atoms in total. The largest absolute Gasteiger partial charge is 0.456 e. The molecular formula is C19H17F3O3. The van der Waals surface area contributed by atoms with Crippen molar-refractivity contribution in [1.82, 2.24) is 0 Å². The van der Waals surface area contributed by atoms with E-state index in [-0.39, 0.29) is 5.56 Å². The Balaban J connectivity index is 2.34. The third-order valence-electron chi connectivity index (χ3n) is 3.34. The van der Waals surface area contributed by atoms with Crippen LogP contribution in [0.15, 0.2) is 42.5 Å². The lowest BCUT2D eigenvalue weighted by Gasteiger charge is -2.19. The normalized spacial score (nSPS) is 11.9. The molecule has 0 saturated heterocycles. The third-order valence-corrected chi connectivity index (χ3v) is 3.34. The van der Waals surface area contributed by atoms with Crippen LogP contribution in [0.4, 0.5) is 13.2 Å². The number of ether oxygens (including phenoxy) is 1. The molecule has 0 bridgehead atoms. The number of esters is 1. The van der Waals surface area contributed by atoms with Crippen LogP contribution in [0.1, 0.15) is 47.1 Å². The average Bonchev–Trinajstić information content (AvgIpc) is 2.52. The van der Waals surface area contributed by atoms with E-state index >= 15 is 0 Å². The highest BCUT2D eigenvalue weighted by molar-refractivity contribution is 5.92. The number of benzene rings is 2. The van der Waals surface area contributed by atoms with Crippen LogP contribution in [0.3, 0.4) is 0 Å². The highest BCUT2D eigenvalue weighted by Crippen LogP contribution is 2.33. The minimum absolute atomic E-state index is 0.0696. The van der Waals surface area contributed by atoms with Gasteiger partial charge in [0.05, 0.1) is 11.1 Å². The van der Waals surface area contributed by atoms with Gasteiger partial charge in [0.1, 0.15) is 5.60 Å². The monoisotopic (exact) mass is 350 g/mol. The molecule has 0 unspecified atom stereocenters. The van der Waals surface area contributed by atoms with Crippen molar-refractivity contribution in [2.24, 2.45) is 0 Å². The summed E-state index contributed by atoms with van der Waals surface area (Å²) in [6.07, 6.45) is -4.14. The molecule has 0 aliphatic heterocycles. The molecule has 0 radical (unpaired) electrons. The van der Waals surface area contributed by atoms with Gasteiger partial charge in [0.15, 0.2) is 6.29 Å². The highest BCUT2D eigenvalue weighted by Gasteiger charge is 2.31. The lowest BCUT2D eigenvalue weighted by Crippen LogP contribution is -2.23. The van der Waals surface area contributed by atoms with Gasteiger partial charge in [0.25, 0.3) is 0 Å². The van der Waals surface area contributed by atoms with Gasteiger partial charge in [0.2, 0.25) is 0 Å². The fourth-order valence-corrected chi connectivity index (χ4v) is 2.22. The Morgan fingerprint density at radius 1 is 1.00 bits per heavy atom. The lowest BCUT2D eigenvalue weighted by atomic mass is 9.97. The summed E-state index contributed by atoms with van der Waals surface area (Å²) in [5, 5.41) is 0. The highest BCUT2D eigenvalue weighted by atomic mass is 19.4. The Morgan fingerprint density at radius 3 is 2.08 bits per heavy atom. The summed E-state index contributed by atoms with van der Waals surface area (Å²) < 4.78 is 43.5. The fourth-order valence-electron chi connectivity index (χ4n) is 2.22. The molecule has 0 atom stereocenters. The molecule has 2 aromatic rings. The summed E-state index contributed by atoms with van der Waals surface area (Å²) in [4.78, 5) is 23.2. The molecule has 0 aliphatic carbocycles. The van der Waals surface area contributed by atoms with Crippen LogP contribution in [0, 0.1) is 0 Å². The molecule has 0 aromatic heterocycles. The zero-order valence-corrected chi connectivity index (χ0v) is 14.0. The van der Waals surface area contributed by atoms with Gasteiger partial charge in [-0.25, -0.2) is 4.79 Å². The lowest BCUT2D eigenvalue weighted by molar-refractivity contribution is -0.137. The number of alkyl halides is 3. The predicted molar refractivity (Wildman–Crippen MR) is 87.4 cm³/mol. The van der Waals surface area contributed by atoms with Crippen molar-refractivity contribution in [2.75, 3.05) is 0 Å². The van der Waals surface area contributed by atoms with Crippen molar-refractivity contribution in [2.45, 2.75) is 32.5 Å². The Morgan fingerprint density at radius 2 is 1.60 bits per heavy atom. The number of rotatable bonds is 3. The Bertz CT molecular complexity index is 785. The summed E-state index contributed by atoms with van der Waals surface area (Å²) in [6, 6.07) is 9.12. The van der Waals surface area contributed by atoms with Crippen molar-refractivity contribution in [3.63, 3.8) is 0 Å². The third kappa shape index (κ3) is 4.68. The Labute approximate surface area is 143 Å². The van der Waals surface area contributed by atoms with Crippen LogP contribution in [-0.4, -0.2) is 17.9 Å². The first-order chi connectivity index (χ1) is 11.5. The molecule has 2 rings (SSSR count). The Hall–Kier alpha value is -2.63. The fraction of sp³-hybridized carbons (Fsp3) is 0.263. The molecule has 0 aliphatic rings. The smallest absolute Gasteiger partial charge is 0.416 e. The van der Waals surface area contributed by atoms with E-state index in [1.165, 1.54) is 18.2 Å². The topological polar surface area (TPSA) is 43.4 Å². The van der Waals surface area contributed by atoms with Crippen LogP contribution in [0.25, 0.3) is 11.1 Å². The molecule has 0 spiro atoms. The maximum absolute atomic E-state index is 12.7. The average molecular weight is 350 g/mol. The summed E-state index contributed by atoms with van der Waals surface area (Å²) in [5.74, 6) is -0.498. The van der Waals surface area contributed by atoms with Gasteiger partial charge in [-0.15, -0.1) is 0 Å². The van der Waals surface area contributed by atoms with Gasteiger partial charge in [0, 0.05) is 5.56 Å². The second-order valence-electron chi connectivity index (χ2n) is 6.50. The van der Waals surface area contributed by atoms with E-state index in [9.17, 15) is 22.8 Å². The molecule has 0 heterocycles. The molecule has 0 fully saturated rings. The van der Waals surface area contributed by atoms with E-state index in [4.69, 9.17) is 4.74 Å². The first kappa shape index (κ1) is 18.7. The number of carbonyl (C=O) groups excluding carboxylic acids is 2. The molecule has 0 N–H and O–H groups in total. The van der Waals surface area contributed by atoms with Crippen molar-refractivity contribution in [3.05, 3.63) is 59.2 Å². The molecular weight excluding hydrogens is 333 g/mol. The molecule has 2 aromatic carbocycles. The van der Waals surface area contributed by atoms with Crippen LogP contribution in [-0.2, 0) is 10.9 Å². The Kier molecular flexibility index (Phi) is 5.02. The van der Waals surface area contributed by atoms with Gasteiger partial charge in [-0.1, -0.05) is 18.2 Å². The number of hydrogen-bond donors (Lipinski definition) is 0. The number of aldehydes is 1. The van der Waals surface area contributed by atoms with E-state index in [2.05, 4.69) is 0 Å². The molecule has 0 amide bonds. The standard InChI is InChI=1S/C19H17F3O3/c1-18(2,3)25-17(24)13-6-4-12(5-7-13)16-9-8-15(19(20,21)22)10-14(16)11-23/h4-11H,1-3H3. The van der Waals surface area contributed by atoms with E-state index in [0.717, 1.165) is 12.1 Å². The predicted octanol–water partition coefficient (Wildman–Crippen LogP) is 5.14. The summed E-state index contributed by atoms with van der Waals surface area (Å²) in [6.45, 7) is 5.24. The summed E-state index contributed by atoms with van der Waals surface area (Å²) in [7, 11) is 0. The van der Waals surface area contributed by atoms with Crippen molar-refractivity contribution >= 4 is 12.3 Å². The first-order valence-electron chi connectivity index (χ1n) is 7.51. The van der Waals surface area contributed by atoms with Gasteiger partial charge >= 0.3 is 12.1 Å². The maximum Gasteiger partial charge on any atom is 0.416 e.